The Hall–Kier alpha value is -2.14. The Morgan fingerprint density at radius 3 is 2.54 bits per heavy atom. The average molecular weight is 385 g/mol. The molecule has 2 atom stereocenters. The third kappa shape index (κ3) is 6.48. The summed E-state index contributed by atoms with van der Waals surface area (Å²) in [4.78, 5) is 8.68. The van der Waals surface area contributed by atoms with Crippen molar-refractivity contribution in [3.8, 4) is 22.9 Å². The summed E-state index contributed by atoms with van der Waals surface area (Å²) in [6, 6.07) is 7.75. The molecule has 1 aliphatic rings. The fourth-order valence-corrected chi connectivity index (χ4v) is 3.10. The summed E-state index contributed by atoms with van der Waals surface area (Å²) >= 11 is 0. The van der Waals surface area contributed by atoms with Crippen LogP contribution in [-0.4, -0.2) is 35.9 Å². The Balaban J connectivity index is 1.60. The molecular formula is C23H32N2O3. The molecule has 5 heteroatoms. The number of ether oxygens (including phenoxy) is 3. The van der Waals surface area contributed by atoms with E-state index in [-0.39, 0.29) is 0 Å². The van der Waals surface area contributed by atoms with E-state index in [0.29, 0.717) is 31.1 Å². The molecule has 1 aliphatic heterocycles. The lowest BCUT2D eigenvalue weighted by Gasteiger charge is -2.16. The topological polar surface area (TPSA) is 56.8 Å². The molecule has 152 valence electrons. The van der Waals surface area contributed by atoms with Gasteiger partial charge in [-0.05, 0) is 30.7 Å². The second kappa shape index (κ2) is 11.0. The first kappa shape index (κ1) is 20.6. The molecule has 0 bridgehead atoms. The van der Waals surface area contributed by atoms with E-state index in [1.54, 1.807) is 12.4 Å². The van der Waals surface area contributed by atoms with Crippen molar-refractivity contribution in [2.24, 2.45) is 5.92 Å². The van der Waals surface area contributed by atoms with Gasteiger partial charge >= 0.3 is 0 Å². The Kier molecular flexibility index (Phi) is 8.09. The number of hydrogen-bond donors (Lipinski definition) is 0. The van der Waals surface area contributed by atoms with E-state index in [2.05, 4.69) is 23.8 Å². The van der Waals surface area contributed by atoms with E-state index in [9.17, 15) is 0 Å². The van der Waals surface area contributed by atoms with Crippen LogP contribution in [0.5, 0.6) is 11.5 Å². The van der Waals surface area contributed by atoms with Crippen LogP contribution in [0.25, 0.3) is 11.4 Å². The standard InChI is InChI=1S/C23H32N2O3/c1-3-4-5-6-7-8-14-26-21-15-19(23-24-12-9-13-25-23)10-11-20(21)27-16-18(2)22-17-28-22/h9-13,15,18,22H,3-8,14,16-17H2,1-2H3. The quantitative estimate of drug-likeness (QED) is 0.347. The highest BCUT2D eigenvalue weighted by Gasteiger charge is 2.30. The molecule has 0 spiro atoms. The van der Waals surface area contributed by atoms with Gasteiger partial charge in [-0.1, -0.05) is 46.0 Å². The minimum atomic E-state index is 0.337. The average Bonchev–Trinajstić information content (AvgIpc) is 3.58. The van der Waals surface area contributed by atoms with Crippen LogP contribution in [0.1, 0.15) is 52.4 Å². The summed E-state index contributed by atoms with van der Waals surface area (Å²) in [5.41, 5.74) is 0.935. The lowest BCUT2D eigenvalue weighted by Crippen LogP contribution is -2.14. The van der Waals surface area contributed by atoms with Gasteiger partial charge in [-0.3, -0.25) is 0 Å². The minimum Gasteiger partial charge on any atom is -0.490 e. The highest BCUT2D eigenvalue weighted by molar-refractivity contribution is 5.60. The lowest BCUT2D eigenvalue weighted by atomic mass is 10.1. The van der Waals surface area contributed by atoms with Gasteiger partial charge in [-0.2, -0.15) is 0 Å². The van der Waals surface area contributed by atoms with Gasteiger partial charge in [0.05, 0.1) is 25.9 Å². The van der Waals surface area contributed by atoms with Crippen LogP contribution in [0.3, 0.4) is 0 Å². The van der Waals surface area contributed by atoms with Gasteiger partial charge in [-0.25, -0.2) is 9.97 Å². The van der Waals surface area contributed by atoms with Crippen LogP contribution >= 0.6 is 0 Å². The zero-order chi connectivity index (χ0) is 19.6. The van der Waals surface area contributed by atoms with Crippen LogP contribution < -0.4 is 9.47 Å². The molecule has 0 saturated carbocycles. The number of hydrogen-bond acceptors (Lipinski definition) is 5. The van der Waals surface area contributed by atoms with Gasteiger partial charge in [0.1, 0.15) is 0 Å². The third-order valence-electron chi connectivity index (χ3n) is 5.02. The van der Waals surface area contributed by atoms with E-state index in [0.717, 1.165) is 30.1 Å². The highest BCUT2D eigenvalue weighted by atomic mass is 16.6. The van der Waals surface area contributed by atoms with Crippen LogP contribution in [0, 0.1) is 5.92 Å². The SMILES string of the molecule is CCCCCCCCOc1cc(-c2ncccn2)ccc1OCC(C)C1CO1. The Morgan fingerprint density at radius 2 is 1.79 bits per heavy atom. The number of nitrogens with zero attached hydrogens (tertiary/aromatic N) is 2. The molecule has 1 aromatic carbocycles. The Labute approximate surface area is 168 Å². The van der Waals surface area contributed by atoms with Crippen molar-refractivity contribution in [3.05, 3.63) is 36.7 Å². The summed E-state index contributed by atoms with van der Waals surface area (Å²) in [6.07, 6.45) is 11.3. The molecule has 1 fully saturated rings. The zero-order valence-corrected chi connectivity index (χ0v) is 17.1. The van der Waals surface area contributed by atoms with Crippen LogP contribution in [0.4, 0.5) is 0 Å². The third-order valence-corrected chi connectivity index (χ3v) is 5.02. The number of benzene rings is 1. The fourth-order valence-electron chi connectivity index (χ4n) is 3.10. The monoisotopic (exact) mass is 384 g/mol. The van der Waals surface area contributed by atoms with Crippen LogP contribution in [0.15, 0.2) is 36.7 Å². The van der Waals surface area contributed by atoms with Gasteiger partial charge in [0.2, 0.25) is 0 Å². The summed E-state index contributed by atoms with van der Waals surface area (Å²) in [7, 11) is 0. The van der Waals surface area contributed by atoms with Crippen molar-refractivity contribution >= 4 is 0 Å². The molecule has 5 nitrogen and oxygen atoms in total. The molecule has 1 saturated heterocycles. The van der Waals surface area contributed by atoms with Gasteiger partial charge in [0.25, 0.3) is 0 Å². The van der Waals surface area contributed by atoms with Gasteiger partial charge in [0, 0.05) is 23.9 Å². The molecule has 3 rings (SSSR count). The van der Waals surface area contributed by atoms with Gasteiger partial charge in [-0.15, -0.1) is 0 Å². The maximum absolute atomic E-state index is 6.10. The van der Waals surface area contributed by atoms with Crippen molar-refractivity contribution in [1.82, 2.24) is 9.97 Å². The van der Waals surface area contributed by atoms with Crippen molar-refractivity contribution in [2.45, 2.75) is 58.5 Å². The molecule has 2 heterocycles. The van der Waals surface area contributed by atoms with Crippen molar-refractivity contribution in [3.63, 3.8) is 0 Å². The van der Waals surface area contributed by atoms with E-state index < -0.39 is 0 Å². The Morgan fingerprint density at radius 1 is 1.04 bits per heavy atom. The molecule has 0 radical (unpaired) electrons. The second-order valence-electron chi connectivity index (χ2n) is 7.51. The van der Waals surface area contributed by atoms with E-state index in [1.807, 2.05) is 24.3 Å². The molecule has 2 unspecified atom stereocenters. The number of rotatable bonds is 13. The van der Waals surface area contributed by atoms with Crippen LogP contribution in [0.2, 0.25) is 0 Å². The summed E-state index contributed by atoms with van der Waals surface area (Å²) in [5, 5.41) is 0. The van der Waals surface area contributed by atoms with E-state index in [1.165, 1.54) is 32.1 Å². The Bertz CT molecular complexity index is 704. The smallest absolute Gasteiger partial charge is 0.161 e. The first-order chi connectivity index (χ1) is 13.8. The predicted octanol–water partition coefficient (Wildman–Crippen LogP) is 5.30. The predicted molar refractivity (Wildman–Crippen MR) is 111 cm³/mol. The van der Waals surface area contributed by atoms with E-state index >= 15 is 0 Å². The molecule has 1 aromatic heterocycles. The van der Waals surface area contributed by atoms with Crippen molar-refractivity contribution in [1.29, 1.82) is 0 Å². The van der Waals surface area contributed by atoms with Crippen LogP contribution in [-0.2, 0) is 4.74 Å². The molecule has 0 amide bonds. The number of epoxide rings is 1. The largest absolute Gasteiger partial charge is 0.490 e. The van der Waals surface area contributed by atoms with Crippen molar-refractivity contribution in [2.75, 3.05) is 19.8 Å². The van der Waals surface area contributed by atoms with Gasteiger partial charge < -0.3 is 14.2 Å². The normalized spacial score (nSPS) is 16.6. The minimum absolute atomic E-state index is 0.337. The number of aromatic nitrogens is 2. The maximum Gasteiger partial charge on any atom is 0.161 e. The van der Waals surface area contributed by atoms with E-state index in [4.69, 9.17) is 14.2 Å². The molecule has 28 heavy (non-hydrogen) atoms. The van der Waals surface area contributed by atoms with Gasteiger partial charge in [0.15, 0.2) is 17.3 Å². The zero-order valence-electron chi connectivity index (χ0n) is 17.1. The second-order valence-corrected chi connectivity index (χ2v) is 7.51. The first-order valence-electron chi connectivity index (χ1n) is 10.6. The summed E-state index contributed by atoms with van der Waals surface area (Å²) in [5.74, 6) is 2.61. The molecular weight excluding hydrogens is 352 g/mol. The molecule has 0 N–H and O–H groups in total. The lowest BCUT2D eigenvalue weighted by molar-refractivity contribution is 0.210. The summed E-state index contributed by atoms with van der Waals surface area (Å²) in [6.45, 7) is 6.56. The maximum atomic E-state index is 6.10. The summed E-state index contributed by atoms with van der Waals surface area (Å²) < 4.78 is 17.5. The molecule has 2 aromatic rings. The molecule has 0 aliphatic carbocycles. The highest BCUT2D eigenvalue weighted by Crippen LogP contribution is 2.33. The number of unbranched alkanes of at least 4 members (excludes halogenated alkanes) is 5. The fraction of sp³-hybridized carbons (Fsp3) is 0.565. The first-order valence-corrected chi connectivity index (χ1v) is 10.6. The van der Waals surface area contributed by atoms with Crippen molar-refractivity contribution < 1.29 is 14.2 Å².